The number of aliphatic hydroxyl groups excluding tert-OH is 1. The van der Waals surface area contributed by atoms with Crippen molar-refractivity contribution >= 4 is 5.91 Å². The molecule has 1 rings (SSSR count). The fourth-order valence-corrected chi connectivity index (χ4v) is 2.13. The van der Waals surface area contributed by atoms with E-state index in [4.69, 9.17) is 10.8 Å². The Balaban J connectivity index is 2.74. The van der Waals surface area contributed by atoms with Crippen LogP contribution >= 0.6 is 0 Å². The van der Waals surface area contributed by atoms with Crippen molar-refractivity contribution in [3.63, 3.8) is 0 Å². The van der Waals surface area contributed by atoms with Crippen LogP contribution in [0.15, 0.2) is 30.3 Å². The summed E-state index contributed by atoms with van der Waals surface area (Å²) in [4.78, 5) is 14.1. The van der Waals surface area contributed by atoms with Gasteiger partial charge in [-0.3, -0.25) is 4.79 Å². The Morgan fingerprint density at radius 1 is 1.32 bits per heavy atom. The first kappa shape index (κ1) is 15.7. The van der Waals surface area contributed by atoms with Crippen LogP contribution in [0.2, 0.25) is 0 Å². The maximum atomic E-state index is 12.4. The number of rotatable bonds is 7. The molecule has 0 aliphatic rings. The molecule has 1 amide bonds. The van der Waals surface area contributed by atoms with Crippen molar-refractivity contribution in [2.75, 3.05) is 19.7 Å². The van der Waals surface area contributed by atoms with Crippen LogP contribution in [-0.2, 0) is 4.79 Å². The summed E-state index contributed by atoms with van der Waals surface area (Å²) in [6.07, 6.45) is 0.874. The highest BCUT2D eigenvalue weighted by atomic mass is 16.3. The molecule has 1 aromatic rings. The molecule has 4 heteroatoms. The topological polar surface area (TPSA) is 66.6 Å². The first-order chi connectivity index (χ1) is 9.11. The molecule has 19 heavy (non-hydrogen) atoms. The molecule has 0 aromatic heterocycles. The van der Waals surface area contributed by atoms with Gasteiger partial charge in [0.1, 0.15) is 0 Å². The number of hydrogen-bond donors (Lipinski definition) is 2. The van der Waals surface area contributed by atoms with E-state index in [9.17, 15) is 4.79 Å². The Morgan fingerprint density at radius 2 is 1.95 bits per heavy atom. The third-order valence-electron chi connectivity index (χ3n) is 3.29. The molecule has 0 saturated carbocycles. The van der Waals surface area contributed by atoms with Crippen LogP contribution in [0.1, 0.15) is 31.9 Å². The Hall–Kier alpha value is -1.39. The van der Waals surface area contributed by atoms with E-state index in [0.29, 0.717) is 13.1 Å². The van der Waals surface area contributed by atoms with Gasteiger partial charge >= 0.3 is 0 Å². The van der Waals surface area contributed by atoms with Crippen molar-refractivity contribution in [3.8, 4) is 0 Å². The van der Waals surface area contributed by atoms with Gasteiger partial charge in [-0.25, -0.2) is 0 Å². The second-order valence-electron chi connectivity index (χ2n) is 4.77. The fraction of sp³-hybridized carbons (Fsp3) is 0.533. The average Bonchev–Trinajstić information content (AvgIpc) is 2.45. The Bertz CT molecular complexity index is 375. The molecular weight excluding hydrogens is 240 g/mol. The lowest BCUT2D eigenvalue weighted by Gasteiger charge is -2.28. The van der Waals surface area contributed by atoms with E-state index >= 15 is 0 Å². The third-order valence-corrected chi connectivity index (χ3v) is 3.29. The highest BCUT2D eigenvalue weighted by Gasteiger charge is 2.25. The number of carbonyl (C=O) groups excluding carboxylic acids is 1. The molecule has 3 N–H and O–H groups in total. The molecule has 0 bridgehead atoms. The molecule has 0 spiro atoms. The number of nitrogens with zero attached hydrogens (tertiary/aromatic N) is 1. The monoisotopic (exact) mass is 264 g/mol. The molecule has 0 fully saturated rings. The summed E-state index contributed by atoms with van der Waals surface area (Å²) >= 11 is 0. The van der Waals surface area contributed by atoms with Crippen LogP contribution in [-0.4, -0.2) is 35.6 Å². The van der Waals surface area contributed by atoms with Gasteiger partial charge in [-0.1, -0.05) is 44.2 Å². The van der Waals surface area contributed by atoms with Gasteiger partial charge in [0.15, 0.2) is 0 Å². The minimum atomic E-state index is -0.313. The van der Waals surface area contributed by atoms with Crippen LogP contribution < -0.4 is 5.73 Å². The van der Waals surface area contributed by atoms with Crippen LogP contribution in [0.3, 0.4) is 0 Å². The zero-order valence-electron chi connectivity index (χ0n) is 11.7. The van der Waals surface area contributed by atoms with Crippen LogP contribution in [0.4, 0.5) is 0 Å². The fourth-order valence-electron chi connectivity index (χ4n) is 2.13. The van der Waals surface area contributed by atoms with Gasteiger partial charge < -0.3 is 15.7 Å². The van der Waals surface area contributed by atoms with Gasteiger partial charge in [0.2, 0.25) is 5.91 Å². The van der Waals surface area contributed by atoms with E-state index in [0.717, 1.165) is 12.0 Å². The zero-order chi connectivity index (χ0) is 14.3. The second kappa shape index (κ2) is 7.92. The minimum absolute atomic E-state index is 0.00672. The van der Waals surface area contributed by atoms with Crippen molar-refractivity contribution in [2.45, 2.75) is 26.3 Å². The van der Waals surface area contributed by atoms with Gasteiger partial charge in [-0.2, -0.15) is 0 Å². The van der Waals surface area contributed by atoms with Crippen LogP contribution in [0, 0.1) is 5.92 Å². The summed E-state index contributed by atoms with van der Waals surface area (Å²) in [5, 5.41) is 9.02. The van der Waals surface area contributed by atoms with E-state index in [1.165, 1.54) is 0 Å². The number of amides is 1. The molecule has 2 unspecified atom stereocenters. The van der Waals surface area contributed by atoms with Crippen molar-refractivity contribution in [3.05, 3.63) is 35.9 Å². The normalized spacial score (nSPS) is 13.9. The van der Waals surface area contributed by atoms with E-state index in [-0.39, 0.29) is 24.5 Å². The lowest BCUT2D eigenvalue weighted by Crippen LogP contribution is -2.41. The molecule has 1 aromatic carbocycles. The second-order valence-corrected chi connectivity index (χ2v) is 4.77. The van der Waals surface area contributed by atoms with Gasteiger partial charge in [-0.15, -0.1) is 0 Å². The first-order valence-electron chi connectivity index (χ1n) is 6.82. The summed E-state index contributed by atoms with van der Waals surface area (Å²) in [5.74, 6) is -0.284. The summed E-state index contributed by atoms with van der Waals surface area (Å²) in [6, 6.07) is 9.33. The van der Waals surface area contributed by atoms with Crippen molar-refractivity contribution in [1.82, 2.24) is 4.90 Å². The molecule has 2 atom stereocenters. The standard InChI is InChI=1S/C15H24N2O2/c1-3-9-17(10-11-18)15(19)12(2)14(16)13-7-5-4-6-8-13/h4-8,12,14,18H,3,9-11,16H2,1-2H3. The quantitative estimate of drug-likeness (QED) is 0.785. The zero-order valence-corrected chi connectivity index (χ0v) is 11.7. The van der Waals surface area contributed by atoms with E-state index in [1.54, 1.807) is 4.90 Å². The van der Waals surface area contributed by atoms with Gasteiger partial charge in [0, 0.05) is 19.1 Å². The average molecular weight is 264 g/mol. The highest BCUT2D eigenvalue weighted by molar-refractivity contribution is 5.79. The predicted molar refractivity (Wildman–Crippen MR) is 76.5 cm³/mol. The van der Waals surface area contributed by atoms with Crippen molar-refractivity contribution < 1.29 is 9.90 Å². The van der Waals surface area contributed by atoms with Gasteiger partial charge in [0.05, 0.1) is 12.5 Å². The third kappa shape index (κ3) is 4.33. The number of nitrogens with two attached hydrogens (primary N) is 1. The predicted octanol–water partition coefficient (Wildman–Crippen LogP) is 1.55. The lowest BCUT2D eigenvalue weighted by molar-refractivity contribution is -0.136. The van der Waals surface area contributed by atoms with Crippen molar-refractivity contribution in [2.24, 2.45) is 11.7 Å². The Labute approximate surface area is 115 Å². The molecule has 0 aliphatic heterocycles. The molecule has 106 valence electrons. The van der Waals surface area contributed by atoms with Crippen molar-refractivity contribution in [1.29, 1.82) is 0 Å². The minimum Gasteiger partial charge on any atom is -0.395 e. The molecule has 0 radical (unpaired) electrons. The van der Waals surface area contributed by atoms with E-state index in [1.807, 2.05) is 44.2 Å². The highest BCUT2D eigenvalue weighted by Crippen LogP contribution is 2.21. The largest absolute Gasteiger partial charge is 0.395 e. The molecule has 0 heterocycles. The van der Waals surface area contributed by atoms with Gasteiger partial charge in [-0.05, 0) is 12.0 Å². The van der Waals surface area contributed by atoms with E-state index in [2.05, 4.69) is 0 Å². The summed E-state index contributed by atoms with van der Waals surface area (Å²) in [5.41, 5.74) is 7.12. The Kier molecular flexibility index (Phi) is 6.53. The maximum absolute atomic E-state index is 12.4. The lowest BCUT2D eigenvalue weighted by atomic mass is 9.94. The number of aliphatic hydroxyl groups is 1. The van der Waals surface area contributed by atoms with Gasteiger partial charge in [0.25, 0.3) is 0 Å². The number of hydrogen-bond acceptors (Lipinski definition) is 3. The number of benzene rings is 1. The molecule has 0 aliphatic carbocycles. The molecule has 4 nitrogen and oxygen atoms in total. The smallest absolute Gasteiger partial charge is 0.227 e. The van der Waals surface area contributed by atoms with Crippen LogP contribution in [0.25, 0.3) is 0 Å². The summed E-state index contributed by atoms with van der Waals surface area (Å²) in [7, 11) is 0. The Morgan fingerprint density at radius 3 is 2.47 bits per heavy atom. The maximum Gasteiger partial charge on any atom is 0.227 e. The molecule has 0 saturated heterocycles. The SMILES string of the molecule is CCCN(CCO)C(=O)C(C)C(N)c1ccccc1. The molecular formula is C15H24N2O2. The summed E-state index contributed by atoms with van der Waals surface area (Å²) < 4.78 is 0. The number of carbonyl (C=O) groups is 1. The summed E-state index contributed by atoms with van der Waals surface area (Å²) in [6.45, 7) is 4.88. The van der Waals surface area contributed by atoms with E-state index < -0.39 is 0 Å². The van der Waals surface area contributed by atoms with Crippen LogP contribution in [0.5, 0.6) is 0 Å². The first-order valence-corrected chi connectivity index (χ1v) is 6.82.